The van der Waals surface area contributed by atoms with Gasteiger partial charge < -0.3 is 20.3 Å². The number of hydrogen-bond donors (Lipinski definition) is 3. The van der Waals surface area contributed by atoms with E-state index in [1.165, 1.54) is 21.8 Å². The molecule has 5 amide bonds. The third-order valence-corrected chi connectivity index (χ3v) is 8.35. The number of ether oxygens (including phenoxy) is 1. The van der Waals surface area contributed by atoms with Gasteiger partial charge in [-0.1, -0.05) is 13.3 Å². The summed E-state index contributed by atoms with van der Waals surface area (Å²) >= 11 is 1.52. The molecule has 0 saturated carbocycles. The SMILES string of the molecule is CCCc1cc(OC)c2nc(C(C)(C)NC(=O)Nc3ccc4c(c3)CN(C3CCC(=O)NC3=O)C4=O)sc2c1. The first-order chi connectivity index (χ1) is 18.6. The second-order valence-corrected chi connectivity index (χ2v) is 11.4. The van der Waals surface area contributed by atoms with Crippen LogP contribution in [0.15, 0.2) is 30.3 Å². The van der Waals surface area contributed by atoms with Crippen LogP contribution in [0.2, 0.25) is 0 Å². The highest BCUT2D eigenvalue weighted by molar-refractivity contribution is 7.18. The molecule has 1 saturated heterocycles. The summed E-state index contributed by atoms with van der Waals surface area (Å²) in [5.74, 6) is -0.323. The Morgan fingerprint density at radius 2 is 2.03 bits per heavy atom. The Kier molecular flexibility index (Phi) is 7.02. The third-order valence-electron chi connectivity index (χ3n) is 7.02. The number of fused-ring (bicyclic) bond motifs is 2. The van der Waals surface area contributed by atoms with Gasteiger partial charge in [-0.25, -0.2) is 9.78 Å². The Labute approximate surface area is 230 Å². The van der Waals surface area contributed by atoms with Gasteiger partial charge in [-0.3, -0.25) is 19.7 Å². The Morgan fingerprint density at radius 1 is 1.23 bits per heavy atom. The molecule has 1 unspecified atom stereocenters. The molecule has 2 aliphatic heterocycles. The van der Waals surface area contributed by atoms with Crippen LogP contribution in [-0.2, 0) is 28.1 Å². The average Bonchev–Trinajstić information content (AvgIpc) is 3.45. The van der Waals surface area contributed by atoms with Crippen LogP contribution in [0, 0.1) is 0 Å². The van der Waals surface area contributed by atoms with Gasteiger partial charge in [0.1, 0.15) is 22.3 Å². The zero-order chi connectivity index (χ0) is 27.9. The van der Waals surface area contributed by atoms with Crippen molar-refractivity contribution in [1.29, 1.82) is 0 Å². The van der Waals surface area contributed by atoms with Crippen LogP contribution < -0.4 is 20.7 Å². The number of carbonyl (C=O) groups is 4. The van der Waals surface area contributed by atoms with Crippen LogP contribution in [0.4, 0.5) is 10.5 Å². The molecule has 10 nitrogen and oxygen atoms in total. The van der Waals surface area contributed by atoms with Gasteiger partial charge in [0.15, 0.2) is 0 Å². The van der Waals surface area contributed by atoms with Crippen molar-refractivity contribution in [3.63, 3.8) is 0 Å². The number of aryl methyl sites for hydroxylation is 1. The number of urea groups is 1. The molecular weight excluding hydrogens is 518 g/mol. The molecule has 0 spiro atoms. The van der Waals surface area contributed by atoms with Crippen molar-refractivity contribution in [3.8, 4) is 5.75 Å². The summed E-state index contributed by atoms with van der Waals surface area (Å²) in [7, 11) is 1.63. The lowest BCUT2D eigenvalue weighted by atomic mass is 10.0. The van der Waals surface area contributed by atoms with E-state index in [4.69, 9.17) is 9.72 Å². The van der Waals surface area contributed by atoms with E-state index in [2.05, 4.69) is 28.9 Å². The standard InChI is InChI=1S/C28H31N5O5S/c1-5-6-15-11-20(38-4)23-21(12-15)39-26(31-23)28(2,3)32-27(37)29-17-7-8-18-16(13-17)14-33(25(18)36)19-9-10-22(34)30-24(19)35/h7-8,11-13,19H,5-6,9-10,14H2,1-4H3,(H2,29,32,37)(H,30,34,35). The molecule has 3 aromatic rings. The third kappa shape index (κ3) is 5.18. The van der Waals surface area contributed by atoms with Crippen molar-refractivity contribution in [2.45, 2.75) is 64.6 Å². The highest BCUT2D eigenvalue weighted by Gasteiger charge is 2.39. The fourth-order valence-corrected chi connectivity index (χ4v) is 6.17. The Hall–Kier alpha value is -3.99. The number of benzene rings is 2. The number of rotatable bonds is 7. The topological polar surface area (TPSA) is 130 Å². The van der Waals surface area contributed by atoms with E-state index in [0.717, 1.165) is 33.8 Å². The van der Waals surface area contributed by atoms with Crippen LogP contribution in [0.25, 0.3) is 10.2 Å². The minimum atomic E-state index is -0.765. The molecule has 3 heterocycles. The number of anilines is 1. The summed E-state index contributed by atoms with van der Waals surface area (Å²) in [5, 5.41) is 8.90. The highest BCUT2D eigenvalue weighted by atomic mass is 32.1. The number of carbonyl (C=O) groups excluding carboxylic acids is 4. The molecule has 2 aromatic carbocycles. The molecule has 1 atom stereocenters. The number of thiazole rings is 1. The van der Waals surface area contributed by atoms with Crippen LogP contribution in [0.5, 0.6) is 5.75 Å². The second-order valence-electron chi connectivity index (χ2n) is 10.4. The predicted molar refractivity (Wildman–Crippen MR) is 148 cm³/mol. The van der Waals surface area contributed by atoms with E-state index >= 15 is 0 Å². The van der Waals surface area contributed by atoms with Gasteiger partial charge in [0.2, 0.25) is 11.8 Å². The second kappa shape index (κ2) is 10.3. The number of aromatic nitrogens is 1. The van der Waals surface area contributed by atoms with Gasteiger partial charge in [-0.05, 0) is 68.1 Å². The summed E-state index contributed by atoms with van der Waals surface area (Å²) in [5.41, 5.74) is 2.91. The molecule has 2 aliphatic rings. The minimum Gasteiger partial charge on any atom is -0.494 e. The maximum absolute atomic E-state index is 13.0. The van der Waals surface area contributed by atoms with Crippen LogP contribution in [0.3, 0.4) is 0 Å². The number of imide groups is 1. The highest BCUT2D eigenvalue weighted by Crippen LogP contribution is 2.36. The van der Waals surface area contributed by atoms with Crippen molar-refractivity contribution in [2.75, 3.05) is 12.4 Å². The fourth-order valence-electron chi connectivity index (χ4n) is 5.06. The van der Waals surface area contributed by atoms with E-state index in [9.17, 15) is 19.2 Å². The molecule has 1 aromatic heterocycles. The summed E-state index contributed by atoms with van der Waals surface area (Å²) in [4.78, 5) is 56.0. The quantitative estimate of drug-likeness (QED) is 0.381. The van der Waals surface area contributed by atoms with Gasteiger partial charge in [-0.15, -0.1) is 11.3 Å². The molecule has 1 fully saturated rings. The first kappa shape index (κ1) is 26.6. The van der Waals surface area contributed by atoms with Crippen molar-refractivity contribution < 1.29 is 23.9 Å². The van der Waals surface area contributed by atoms with Gasteiger partial charge in [0.05, 0.1) is 17.3 Å². The van der Waals surface area contributed by atoms with Gasteiger partial charge in [0, 0.05) is 24.2 Å². The van der Waals surface area contributed by atoms with Gasteiger partial charge in [-0.2, -0.15) is 0 Å². The van der Waals surface area contributed by atoms with E-state index in [-0.39, 0.29) is 24.8 Å². The number of nitrogens with one attached hydrogen (secondary N) is 3. The maximum Gasteiger partial charge on any atom is 0.319 e. The lowest BCUT2D eigenvalue weighted by molar-refractivity contribution is -0.136. The number of nitrogens with zero attached hydrogens (tertiary/aromatic N) is 2. The summed E-state index contributed by atoms with van der Waals surface area (Å²) in [6.07, 6.45) is 2.46. The van der Waals surface area contributed by atoms with E-state index in [0.29, 0.717) is 23.2 Å². The molecule has 204 valence electrons. The minimum absolute atomic E-state index is 0.195. The van der Waals surface area contributed by atoms with E-state index in [1.54, 1.807) is 25.3 Å². The summed E-state index contributed by atoms with van der Waals surface area (Å²) < 4.78 is 6.59. The normalized spacial score (nSPS) is 17.3. The van der Waals surface area contributed by atoms with Gasteiger partial charge in [0.25, 0.3) is 5.91 Å². The number of hydrogen-bond acceptors (Lipinski definition) is 7. The van der Waals surface area contributed by atoms with E-state index in [1.807, 2.05) is 19.9 Å². The first-order valence-electron chi connectivity index (χ1n) is 12.9. The molecule has 0 bridgehead atoms. The number of piperidine rings is 1. The lowest BCUT2D eigenvalue weighted by Gasteiger charge is -2.29. The van der Waals surface area contributed by atoms with Crippen molar-refractivity contribution in [3.05, 3.63) is 52.0 Å². The Balaban J connectivity index is 1.29. The molecule has 39 heavy (non-hydrogen) atoms. The smallest absolute Gasteiger partial charge is 0.319 e. The first-order valence-corrected chi connectivity index (χ1v) is 13.8. The van der Waals surface area contributed by atoms with Crippen molar-refractivity contribution in [1.82, 2.24) is 20.5 Å². The average molecular weight is 550 g/mol. The predicted octanol–water partition coefficient (Wildman–Crippen LogP) is 4.08. The Morgan fingerprint density at radius 3 is 2.74 bits per heavy atom. The molecular formula is C28H31N5O5S. The van der Waals surface area contributed by atoms with Crippen LogP contribution in [0.1, 0.15) is 66.5 Å². The Bertz CT molecular complexity index is 1500. The summed E-state index contributed by atoms with van der Waals surface area (Å²) in [6, 6.07) is 8.10. The molecule has 5 rings (SSSR count). The molecule has 11 heteroatoms. The molecule has 3 N–H and O–H groups in total. The van der Waals surface area contributed by atoms with Crippen LogP contribution in [-0.4, -0.2) is 46.8 Å². The summed E-state index contributed by atoms with van der Waals surface area (Å²) in [6.45, 7) is 6.15. The largest absolute Gasteiger partial charge is 0.494 e. The molecule has 0 aliphatic carbocycles. The number of methoxy groups -OCH3 is 1. The van der Waals surface area contributed by atoms with Crippen molar-refractivity contribution >= 4 is 51.0 Å². The zero-order valence-corrected chi connectivity index (χ0v) is 23.2. The molecule has 0 radical (unpaired) electrons. The van der Waals surface area contributed by atoms with Gasteiger partial charge >= 0.3 is 6.03 Å². The monoisotopic (exact) mass is 549 g/mol. The van der Waals surface area contributed by atoms with Crippen LogP contribution >= 0.6 is 11.3 Å². The van der Waals surface area contributed by atoms with E-state index < -0.39 is 23.5 Å². The maximum atomic E-state index is 13.0. The zero-order valence-electron chi connectivity index (χ0n) is 22.3. The number of amides is 5. The lowest BCUT2D eigenvalue weighted by Crippen LogP contribution is -2.52. The van der Waals surface area contributed by atoms with Crippen molar-refractivity contribution in [2.24, 2.45) is 0 Å². The fraction of sp³-hybridized carbons (Fsp3) is 0.393.